The summed E-state index contributed by atoms with van der Waals surface area (Å²) in [5, 5.41) is 0. The van der Waals surface area contributed by atoms with Crippen LogP contribution >= 0.6 is 0 Å². The Hall–Kier alpha value is -2.37. The first-order valence-corrected chi connectivity index (χ1v) is 13.6. The first kappa shape index (κ1) is 26.7. The van der Waals surface area contributed by atoms with E-state index in [1.807, 2.05) is 25.1 Å². The van der Waals surface area contributed by atoms with E-state index in [0.29, 0.717) is 12.3 Å². The molecule has 2 aromatic carbocycles. The summed E-state index contributed by atoms with van der Waals surface area (Å²) in [5.41, 5.74) is 2.69. The van der Waals surface area contributed by atoms with Gasteiger partial charge in [-0.25, -0.2) is 0 Å². The Morgan fingerprint density at radius 2 is 1.89 bits per heavy atom. The van der Waals surface area contributed by atoms with Gasteiger partial charge in [-0.2, -0.15) is 0 Å². The lowest BCUT2D eigenvalue weighted by Crippen LogP contribution is -2.61. The molecule has 1 aliphatic heterocycles. The van der Waals surface area contributed by atoms with Crippen molar-refractivity contribution in [3.05, 3.63) is 65.7 Å². The number of hydrogen-bond acceptors (Lipinski definition) is 4. The molecule has 196 valence electrons. The summed E-state index contributed by atoms with van der Waals surface area (Å²) in [6.07, 6.45) is 7.95. The topological polar surface area (TPSA) is 42.0 Å². The normalized spacial score (nSPS) is 26.3. The van der Waals surface area contributed by atoms with Crippen LogP contribution in [0.15, 0.2) is 54.6 Å². The predicted molar refractivity (Wildman–Crippen MR) is 145 cm³/mol. The lowest BCUT2D eigenvalue weighted by atomic mass is 9.56. The summed E-state index contributed by atoms with van der Waals surface area (Å²) in [6, 6.07) is 19.4. The van der Waals surface area contributed by atoms with Gasteiger partial charge in [-0.3, -0.25) is 4.79 Å². The van der Waals surface area contributed by atoms with E-state index in [4.69, 9.17) is 9.47 Å². The quantitative estimate of drug-likeness (QED) is 0.421. The highest BCUT2D eigenvalue weighted by Gasteiger charge is 2.53. The van der Waals surface area contributed by atoms with E-state index in [1.54, 1.807) is 7.11 Å². The van der Waals surface area contributed by atoms with Gasteiger partial charge in [-0.15, -0.1) is 0 Å². The number of benzene rings is 2. The molecule has 0 spiro atoms. The summed E-state index contributed by atoms with van der Waals surface area (Å²) in [6.45, 7) is 2.07. The minimum absolute atomic E-state index is 0.0190. The van der Waals surface area contributed by atoms with Crippen molar-refractivity contribution in [3.8, 4) is 5.75 Å². The van der Waals surface area contributed by atoms with Gasteiger partial charge in [0.15, 0.2) is 0 Å². The van der Waals surface area contributed by atoms with Gasteiger partial charge in [0, 0.05) is 44.5 Å². The second-order valence-corrected chi connectivity index (χ2v) is 10.9. The Morgan fingerprint density at radius 1 is 1.08 bits per heavy atom. The Morgan fingerprint density at radius 3 is 2.64 bits per heavy atom. The first-order chi connectivity index (χ1) is 17.5. The largest absolute Gasteiger partial charge is 0.497 e. The number of carbonyl (C=O) groups excluding carboxylic acids is 1. The lowest BCUT2D eigenvalue weighted by Gasteiger charge is -2.56. The Bertz CT molecular complexity index is 981. The van der Waals surface area contributed by atoms with Gasteiger partial charge >= 0.3 is 0 Å². The lowest BCUT2D eigenvalue weighted by molar-refractivity contribution is -0.137. The van der Waals surface area contributed by atoms with Crippen LogP contribution in [0.2, 0.25) is 0 Å². The number of likely N-dealkylation sites (tertiary alicyclic amines) is 1. The van der Waals surface area contributed by atoms with Crippen LogP contribution in [-0.2, 0) is 21.4 Å². The SMILES string of the molecule is COc1cccc([C@@]23CCN(C)C[C@H]2C(OC)C[C@@H](N(C)C(=O)CCCCCc2ccccc2)C3)c1. The van der Waals surface area contributed by atoms with Crippen LogP contribution in [0.3, 0.4) is 0 Å². The molecular weight excluding hydrogens is 448 g/mol. The second kappa shape index (κ2) is 12.2. The highest BCUT2D eigenvalue weighted by atomic mass is 16.5. The van der Waals surface area contributed by atoms with Crippen LogP contribution in [0.4, 0.5) is 0 Å². The highest BCUT2D eigenvalue weighted by molar-refractivity contribution is 5.76. The van der Waals surface area contributed by atoms with Gasteiger partial charge in [0.2, 0.25) is 5.91 Å². The van der Waals surface area contributed by atoms with Crippen LogP contribution < -0.4 is 4.74 Å². The summed E-state index contributed by atoms with van der Waals surface area (Å²) in [5.74, 6) is 1.56. The van der Waals surface area contributed by atoms with Crippen molar-refractivity contribution >= 4 is 5.91 Å². The smallest absolute Gasteiger partial charge is 0.222 e. The number of carbonyl (C=O) groups is 1. The van der Waals surface area contributed by atoms with Crippen molar-refractivity contribution in [3.63, 3.8) is 0 Å². The van der Waals surface area contributed by atoms with Gasteiger partial charge in [0.1, 0.15) is 5.75 Å². The number of unbranched alkanes of at least 4 members (excludes halogenated alkanes) is 2. The molecule has 5 heteroatoms. The number of piperidine rings is 1. The number of ether oxygens (including phenoxy) is 2. The Kier molecular flexibility index (Phi) is 9.08. The molecule has 5 nitrogen and oxygen atoms in total. The minimum atomic E-state index is -0.0190. The van der Waals surface area contributed by atoms with E-state index < -0.39 is 0 Å². The fourth-order valence-corrected chi connectivity index (χ4v) is 6.61. The molecule has 2 aliphatic rings. The molecule has 1 saturated heterocycles. The fourth-order valence-electron chi connectivity index (χ4n) is 6.61. The van der Waals surface area contributed by atoms with Crippen molar-refractivity contribution in [2.24, 2.45) is 5.92 Å². The monoisotopic (exact) mass is 492 g/mol. The molecule has 0 N–H and O–H groups in total. The molecular formula is C31H44N2O3. The number of fused-ring (bicyclic) bond motifs is 1. The number of amides is 1. The molecule has 1 aliphatic carbocycles. The number of hydrogen-bond donors (Lipinski definition) is 0. The van der Waals surface area contributed by atoms with E-state index in [-0.39, 0.29) is 23.5 Å². The van der Waals surface area contributed by atoms with Gasteiger partial charge in [-0.1, -0.05) is 48.9 Å². The van der Waals surface area contributed by atoms with Crippen LogP contribution in [0.25, 0.3) is 0 Å². The molecule has 4 atom stereocenters. The summed E-state index contributed by atoms with van der Waals surface area (Å²) >= 11 is 0. The van der Waals surface area contributed by atoms with E-state index in [0.717, 1.165) is 63.8 Å². The number of methoxy groups -OCH3 is 2. The molecule has 2 fully saturated rings. The van der Waals surface area contributed by atoms with E-state index in [2.05, 4.69) is 60.5 Å². The fraction of sp³-hybridized carbons (Fsp3) is 0.581. The average molecular weight is 493 g/mol. The third-order valence-corrected chi connectivity index (χ3v) is 8.80. The summed E-state index contributed by atoms with van der Waals surface area (Å²) in [7, 11) is 7.80. The zero-order valence-electron chi connectivity index (χ0n) is 22.6. The molecule has 2 aromatic rings. The van der Waals surface area contributed by atoms with E-state index >= 15 is 0 Å². The van der Waals surface area contributed by atoms with Crippen molar-refractivity contribution in [2.75, 3.05) is 41.4 Å². The summed E-state index contributed by atoms with van der Waals surface area (Å²) in [4.78, 5) is 17.8. The van der Waals surface area contributed by atoms with Crippen molar-refractivity contribution < 1.29 is 14.3 Å². The highest BCUT2D eigenvalue weighted by Crippen LogP contribution is 2.51. The maximum Gasteiger partial charge on any atom is 0.222 e. The Balaban J connectivity index is 1.43. The summed E-state index contributed by atoms with van der Waals surface area (Å²) < 4.78 is 11.7. The van der Waals surface area contributed by atoms with Crippen molar-refractivity contribution in [1.82, 2.24) is 9.80 Å². The third kappa shape index (κ3) is 5.95. The minimum Gasteiger partial charge on any atom is -0.497 e. The zero-order valence-corrected chi connectivity index (χ0v) is 22.6. The van der Waals surface area contributed by atoms with Crippen LogP contribution in [0.1, 0.15) is 56.1 Å². The zero-order chi connectivity index (χ0) is 25.5. The molecule has 0 aromatic heterocycles. The van der Waals surface area contributed by atoms with Gasteiger partial charge in [0.05, 0.1) is 13.2 Å². The maximum absolute atomic E-state index is 13.3. The van der Waals surface area contributed by atoms with Gasteiger partial charge < -0.3 is 19.3 Å². The van der Waals surface area contributed by atoms with Crippen LogP contribution in [-0.4, -0.2) is 69.3 Å². The molecule has 1 unspecified atom stereocenters. The maximum atomic E-state index is 13.3. The molecule has 1 amide bonds. The van der Waals surface area contributed by atoms with Crippen LogP contribution in [0, 0.1) is 5.92 Å². The first-order valence-electron chi connectivity index (χ1n) is 13.6. The van der Waals surface area contributed by atoms with Crippen molar-refractivity contribution in [1.29, 1.82) is 0 Å². The molecule has 1 heterocycles. The Labute approximate surface area is 217 Å². The van der Waals surface area contributed by atoms with Crippen molar-refractivity contribution in [2.45, 2.75) is 68.9 Å². The van der Waals surface area contributed by atoms with Gasteiger partial charge in [-0.05, 0) is 75.4 Å². The number of rotatable bonds is 10. The average Bonchev–Trinajstić information content (AvgIpc) is 2.92. The van der Waals surface area contributed by atoms with Gasteiger partial charge in [0.25, 0.3) is 0 Å². The number of nitrogens with zero attached hydrogens (tertiary/aromatic N) is 2. The van der Waals surface area contributed by atoms with Crippen LogP contribution in [0.5, 0.6) is 5.75 Å². The van der Waals surface area contributed by atoms with E-state index in [1.165, 1.54) is 11.1 Å². The molecule has 36 heavy (non-hydrogen) atoms. The predicted octanol–water partition coefficient (Wildman–Crippen LogP) is 5.32. The third-order valence-electron chi connectivity index (χ3n) is 8.80. The molecule has 0 radical (unpaired) electrons. The second-order valence-electron chi connectivity index (χ2n) is 10.9. The standard InChI is InChI=1S/C31H44N2O3/c1-32-19-18-31(25-15-11-16-27(20-25)35-3)22-26(21-29(36-4)28(31)23-32)33(2)30(34)17-10-6-9-14-24-12-7-5-8-13-24/h5,7-8,11-13,15-16,20,26,28-29H,6,9-10,14,17-19,21-23H2,1-4H3/t26-,28+,29?,31+/m1/s1. The molecule has 1 saturated carbocycles. The molecule has 4 rings (SSSR count). The van der Waals surface area contributed by atoms with E-state index in [9.17, 15) is 4.79 Å². The number of aryl methyl sites for hydroxylation is 1. The molecule has 0 bridgehead atoms.